The molecule has 3 heteroatoms. The third kappa shape index (κ3) is 2.04. The van der Waals surface area contributed by atoms with Crippen LogP contribution in [0.1, 0.15) is 25.0 Å². The Morgan fingerprint density at radius 3 is 2.93 bits per heavy atom. The Hall–Kier alpha value is -1.09. The van der Waals surface area contributed by atoms with Crippen LogP contribution in [0.5, 0.6) is 0 Å². The van der Waals surface area contributed by atoms with Crippen LogP contribution < -0.4 is 11.1 Å². The maximum Gasteiger partial charge on any atom is 0.126 e. The van der Waals surface area contributed by atoms with Gasteiger partial charge in [-0.2, -0.15) is 0 Å². The molecule has 0 aliphatic heterocycles. The average Bonchev–Trinajstić information content (AvgIpc) is 2.52. The number of aromatic nitrogens is 1. The highest BCUT2D eigenvalue weighted by Crippen LogP contribution is 2.20. The fourth-order valence-electron chi connectivity index (χ4n) is 1.98. The predicted molar refractivity (Wildman–Crippen MR) is 58.2 cm³/mol. The lowest BCUT2D eigenvalue weighted by molar-refractivity contribution is 0.635. The molecule has 1 heterocycles. The van der Waals surface area contributed by atoms with Gasteiger partial charge in [-0.05, 0) is 38.3 Å². The summed E-state index contributed by atoms with van der Waals surface area (Å²) in [6.45, 7) is 2.00. The summed E-state index contributed by atoms with van der Waals surface area (Å²) in [5, 5.41) is 3.40. The molecule has 1 fully saturated rings. The van der Waals surface area contributed by atoms with Crippen molar-refractivity contribution >= 4 is 5.82 Å². The van der Waals surface area contributed by atoms with E-state index in [1.807, 2.05) is 25.1 Å². The van der Waals surface area contributed by atoms with Crippen molar-refractivity contribution in [3.63, 3.8) is 0 Å². The van der Waals surface area contributed by atoms with Gasteiger partial charge in [0.05, 0.1) is 0 Å². The minimum absolute atomic E-state index is 0.289. The highest BCUT2D eigenvalue weighted by Gasteiger charge is 2.23. The van der Waals surface area contributed by atoms with Crippen molar-refractivity contribution < 1.29 is 0 Å². The molecular formula is C11H17N3. The number of pyridine rings is 1. The second kappa shape index (κ2) is 3.96. The molecule has 0 aromatic carbocycles. The molecule has 76 valence electrons. The van der Waals surface area contributed by atoms with Gasteiger partial charge < -0.3 is 11.1 Å². The first-order valence-electron chi connectivity index (χ1n) is 5.21. The second-order valence-corrected chi connectivity index (χ2v) is 4.01. The van der Waals surface area contributed by atoms with E-state index in [0.29, 0.717) is 6.04 Å². The summed E-state index contributed by atoms with van der Waals surface area (Å²) in [5.41, 5.74) is 7.02. The number of rotatable bonds is 2. The molecule has 1 aromatic rings. The standard InChI is InChI=1S/C11H17N3/c1-8-4-2-7-11(13-8)14-10-6-3-5-9(10)12/h2,4,7,9-10H,3,5-6,12H2,1H3,(H,13,14). The number of nitrogens with zero attached hydrogens (tertiary/aromatic N) is 1. The SMILES string of the molecule is Cc1cccc(NC2CCCC2N)n1. The maximum absolute atomic E-state index is 5.97. The zero-order chi connectivity index (χ0) is 9.97. The van der Waals surface area contributed by atoms with E-state index in [1.165, 1.54) is 6.42 Å². The predicted octanol–water partition coefficient (Wildman–Crippen LogP) is 1.68. The van der Waals surface area contributed by atoms with Crippen LogP contribution in [0.4, 0.5) is 5.82 Å². The van der Waals surface area contributed by atoms with Crippen LogP contribution in [0.15, 0.2) is 18.2 Å². The smallest absolute Gasteiger partial charge is 0.126 e. The largest absolute Gasteiger partial charge is 0.366 e. The molecule has 1 aliphatic rings. The molecule has 3 nitrogen and oxygen atoms in total. The van der Waals surface area contributed by atoms with Gasteiger partial charge in [-0.1, -0.05) is 6.07 Å². The van der Waals surface area contributed by atoms with Gasteiger partial charge in [-0.3, -0.25) is 0 Å². The first-order chi connectivity index (χ1) is 6.75. The Morgan fingerprint density at radius 1 is 1.43 bits per heavy atom. The van der Waals surface area contributed by atoms with Crippen molar-refractivity contribution in [1.82, 2.24) is 4.98 Å². The van der Waals surface area contributed by atoms with Crippen LogP contribution in [0.3, 0.4) is 0 Å². The summed E-state index contributed by atoms with van der Waals surface area (Å²) in [5.74, 6) is 0.951. The van der Waals surface area contributed by atoms with E-state index in [2.05, 4.69) is 10.3 Å². The molecule has 3 N–H and O–H groups in total. The summed E-state index contributed by atoms with van der Waals surface area (Å²) in [6, 6.07) is 6.71. The molecule has 1 aliphatic carbocycles. The zero-order valence-electron chi connectivity index (χ0n) is 8.53. The van der Waals surface area contributed by atoms with E-state index >= 15 is 0 Å². The lowest BCUT2D eigenvalue weighted by Gasteiger charge is -2.17. The van der Waals surface area contributed by atoms with Crippen LogP contribution in [0.25, 0.3) is 0 Å². The Morgan fingerprint density at radius 2 is 2.29 bits per heavy atom. The Bertz CT molecular complexity index is 311. The normalized spacial score (nSPS) is 26.4. The molecule has 0 spiro atoms. The average molecular weight is 191 g/mol. The lowest BCUT2D eigenvalue weighted by Crippen LogP contribution is -2.35. The van der Waals surface area contributed by atoms with Crippen molar-refractivity contribution in [2.75, 3.05) is 5.32 Å². The molecule has 1 saturated carbocycles. The highest BCUT2D eigenvalue weighted by molar-refractivity contribution is 5.37. The van der Waals surface area contributed by atoms with Crippen LogP contribution in [-0.4, -0.2) is 17.1 Å². The van der Waals surface area contributed by atoms with Crippen molar-refractivity contribution in [1.29, 1.82) is 0 Å². The molecule has 2 atom stereocenters. The van der Waals surface area contributed by atoms with Gasteiger partial charge in [0.15, 0.2) is 0 Å². The zero-order valence-corrected chi connectivity index (χ0v) is 8.53. The third-order valence-corrected chi connectivity index (χ3v) is 2.79. The second-order valence-electron chi connectivity index (χ2n) is 4.01. The van der Waals surface area contributed by atoms with E-state index in [-0.39, 0.29) is 6.04 Å². The molecule has 0 radical (unpaired) electrons. The summed E-state index contributed by atoms with van der Waals surface area (Å²) >= 11 is 0. The minimum Gasteiger partial charge on any atom is -0.366 e. The molecule has 0 bridgehead atoms. The number of aryl methyl sites for hydroxylation is 1. The van der Waals surface area contributed by atoms with Gasteiger partial charge in [-0.15, -0.1) is 0 Å². The number of hydrogen-bond acceptors (Lipinski definition) is 3. The van der Waals surface area contributed by atoms with Crippen LogP contribution >= 0.6 is 0 Å². The van der Waals surface area contributed by atoms with E-state index < -0.39 is 0 Å². The van der Waals surface area contributed by atoms with Crippen molar-refractivity contribution in [3.8, 4) is 0 Å². The number of nitrogens with one attached hydrogen (secondary N) is 1. The highest BCUT2D eigenvalue weighted by atomic mass is 15.0. The molecule has 1 aromatic heterocycles. The first-order valence-corrected chi connectivity index (χ1v) is 5.21. The van der Waals surface area contributed by atoms with Gasteiger partial charge in [0.1, 0.15) is 5.82 Å². The van der Waals surface area contributed by atoms with Crippen molar-refractivity contribution in [3.05, 3.63) is 23.9 Å². The van der Waals surface area contributed by atoms with Crippen LogP contribution in [0.2, 0.25) is 0 Å². The molecular weight excluding hydrogens is 174 g/mol. The Kier molecular flexibility index (Phi) is 2.68. The Labute approximate surface area is 84.7 Å². The molecule has 0 saturated heterocycles. The van der Waals surface area contributed by atoms with E-state index in [9.17, 15) is 0 Å². The van der Waals surface area contributed by atoms with Gasteiger partial charge in [-0.25, -0.2) is 4.98 Å². The molecule has 2 rings (SSSR count). The van der Waals surface area contributed by atoms with Gasteiger partial charge >= 0.3 is 0 Å². The number of nitrogens with two attached hydrogens (primary N) is 1. The van der Waals surface area contributed by atoms with Crippen LogP contribution in [-0.2, 0) is 0 Å². The van der Waals surface area contributed by atoms with E-state index in [4.69, 9.17) is 5.73 Å². The molecule has 2 unspecified atom stereocenters. The lowest BCUT2D eigenvalue weighted by atomic mass is 10.2. The van der Waals surface area contributed by atoms with Crippen LogP contribution in [0, 0.1) is 6.92 Å². The quantitative estimate of drug-likeness (QED) is 0.747. The van der Waals surface area contributed by atoms with Gasteiger partial charge in [0.25, 0.3) is 0 Å². The fraction of sp³-hybridized carbons (Fsp3) is 0.545. The van der Waals surface area contributed by atoms with Crippen molar-refractivity contribution in [2.45, 2.75) is 38.3 Å². The molecule has 14 heavy (non-hydrogen) atoms. The first kappa shape index (κ1) is 9.46. The summed E-state index contributed by atoms with van der Waals surface area (Å²) in [4.78, 5) is 4.40. The maximum atomic E-state index is 5.97. The minimum atomic E-state index is 0.289. The van der Waals surface area contributed by atoms with Crippen molar-refractivity contribution in [2.24, 2.45) is 5.73 Å². The van der Waals surface area contributed by atoms with Gasteiger partial charge in [0, 0.05) is 17.8 Å². The van der Waals surface area contributed by atoms with Gasteiger partial charge in [0.2, 0.25) is 0 Å². The monoisotopic (exact) mass is 191 g/mol. The molecule has 0 amide bonds. The summed E-state index contributed by atoms with van der Waals surface area (Å²) < 4.78 is 0. The summed E-state index contributed by atoms with van der Waals surface area (Å²) in [7, 11) is 0. The fourth-order valence-corrected chi connectivity index (χ4v) is 1.98. The summed E-state index contributed by atoms with van der Waals surface area (Å²) in [6.07, 6.45) is 3.52. The third-order valence-electron chi connectivity index (χ3n) is 2.79. The topological polar surface area (TPSA) is 50.9 Å². The van der Waals surface area contributed by atoms with E-state index in [0.717, 1.165) is 24.4 Å². The van der Waals surface area contributed by atoms with E-state index in [1.54, 1.807) is 0 Å². The number of anilines is 1. The Balaban J connectivity index is 2.03. The number of hydrogen-bond donors (Lipinski definition) is 2.